The molecule has 0 radical (unpaired) electrons. The van der Waals surface area contributed by atoms with E-state index in [9.17, 15) is 4.79 Å². The first-order valence-corrected chi connectivity index (χ1v) is 7.14. The molecule has 0 spiro atoms. The Balaban J connectivity index is 1.98. The van der Waals surface area contributed by atoms with E-state index in [1.54, 1.807) is 0 Å². The molecule has 19 heavy (non-hydrogen) atoms. The molecule has 1 saturated heterocycles. The Morgan fingerprint density at radius 3 is 2.79 bits per heavy atom. The van der Waals surface area contributed by atoms with Crippen molar-refractivity contribution >= 4 is 11.6 Å². The molecule has 1 heterocycles. The second kappa shape index (κ2) is 7.14. The fourth-order valence-corrected chi connectivity index (χ4v) is 2.38. The standard InChI is InChI=1S/C15H23N3O/c16-8-5-9-17-14-7-4-6-13(12-14)15(19)18-10-2-1-3-11-18/h4,6-7,12,17H,1-3,5,8-11,16H2. The molecule has 1 aliphatic heterocycles. The zero-order valence-corrected chi connectivity index (χ0v) is 11.4. The number of benzene rings is 1. The smallest absolute Gasteiger partial charge is 0.253 e. The van der Waals surface area contributed by atoms with Crippen LogP contribution in [0.25, 0.3) is 0 Å². The number of carbonyl (C=O) groups is 1. The van der Waals surface area contributed by atoms with Crippen LogP contribution in [0.5, 0.6) is 0 Å². The van der Waals surface area contributed by atoms with Gasteiger partial charge in [0.15, 0.2) is 0 Å². The second-order valence-electron chi connectivity index (χ2n) is 5.00. The van der Waals surface area contributed by atoms with Crippen molar-refractivity contribution in [2.75, 3.05) is 31.5 Å². The van der Waals surface area contributed by atoms with Crippen molar-refractivity contribution in [1.82, 2.24) is 4.90 Å². The molecule has 1 aromatic rings. The lowest BCUT2D eigenvalue weighted by molar-refractivity contribution is 0.0724. The SMILES string of the molecule is NCCCNc1cccc(C(=O)N2CCCCC2)c1. The summed E-state index contributed by atoms with van der Waals surface area (Å²) in [5.41, 5.74) is 7.24. The van der Waals surface area contributed by atoms with Crippen LogP contribution in [0.4, 0.5) is 5.69 Å². The summed E-state index contributed by atoms with van der Waals surface area (Å²) in [5, 5.41) is 3.29. The Labute approximate surface area is 115 Å². The molecule has 2 rings (SSSR count). The minimum absolute atomic E-state index is 0.155. The van der Waals surface area contributed by atoms with E-state index >= 15 is 0 Å². The first-order valence-electron chi connectivity index (χ1n) is 7.14. The van der Waals surface area contributed by atoms with Crippen LogP contribution in [-0.4, -0.2) is 37.0 Å². The average molecular weight is 261 g/mol. The highest BCUT2D eigenvalue weighted by atomic mass is 16.2. The van der Waals surface area contributed by atoms with E-state index < -0.39 is 0 Å². The van der Waals surface area contributed by atoms with Crippen molar-refractivity contribution in [3.63, 3.8) is 0 Å². The molecule has 0 saturated carbocycles. The third kappa shape index (κ3) is 3.96. The van der Waals surface area contributed by atoms with Gasteiger partial charge in [0.25, 0.3) is 5.91 Å². The number of likely N-dealkylation sites (tertiary alicyclic amines) is 1. The molecule has 1 aromatic carbocycles. The summed E-state index contributed by atoms with van der Waals surface area (Å²) in [5.74, 6) is 0.155. The van der Waals surface area contributed by atoms with Crippen molar-refractivity contribution in [3.8, 4) is 0 Å². The van der Waals surface area contributed by atoms with E-state index in [4.69, 9.17) is 5.73 Å². The minimum atomic E-state index is 0.155. The highest BCUT2D eigenvalue weighted by molar-refractivity contribution is 5.95. The third-order valence-corrected chi connectivity index (χ3v) is 3.46. The first kappa shape index (κ1) is 13.9. The lowest BCUT2D eigenvalue weighted by Gasteiger charge is -2.26. The van der Waals surface area contributed by atoms with Crippen LogP contribution in [-0.2, 0) is 0 Å². The molecule has 1 aliphatic rings. The Kier molecular flexibility index (Phi) is 5.21. The van der Waals surface area contributed by atoms with Crippen LogP contribution >= 0.6 is 0 Å². The predicted molar refractivity (Wildman–Crippen MR) is 78.4 cm³/mol. The van der Waals surface area contributed by atoms with Gasteiger partial charge >= 0.3 is 0 Å². The Morgan fingerprint density at radius 2 is 2.05 bits per heavy atom. The number of anilines is 1. The highest BCUT2D eigenvalue weighted by Gasteiger charge is 2.18. The summed E-state index contributed by atoms with van der Waals surface area (Å²) in [4.78, 5) is 14.3. The fourth-order valence-electron chi connectivity index (χ4n) is 2.38. The number of hydrogen-bond acceptors (Lipinski definition) is 3. The molecule has 0 atom stereocenters. The summed E-state index contributed by atoms with van der Waals surface area (Å²) in [6, 6.07) is 7.75. The van der Waals surface area contributed by atoms with Crippen LogP contribution in [0.3, 0.4) is 0 Å². The zero-order valence-electron chi connectivity index (χ0n) is 11.4. The summed E-state index contributed by atoms with van der Waals surface area (Å²) >= 11 is 0. The minimum Gasteiger partial charge on any atom is -0.385 e. The van der Waals surface area contributed by atoms with Gasteiger partial charge in [-0.3, -0.25) is 4.79 Å². The monoisotopic (exact) mass is 261 g/mol. The molecule has 3 N–H and O–H groups in total. The van der Waals surface area contributed by atoms with Crippen LogP contribution in [0.15, 0.2) is 24.3 Å². The van der Waals surface area contributed by atoms with Crippen molar-refractivity contribution in [2.45, 2.75) is 25.7 Å². The quantitative estimate of drug-likeness (QED) is 0.798. The molecule has 1 amide bonds. The van der Waals surface area contributed by atoms with Crippen molar-refractivity contribution in [3.05, 3.63) is 29.8 Å². The van der Waals surface area contributed by atoms with Gasteiger partial charge in [0.05, 0.1) is 0 Å². The number of nitrogens with two attached hydrogens (primary N) is 1. The number of carbonyl (C=O) groups excluding carboxylic acids is 1. The van der Waals surface area contributed by atoms with Crippen LogP contribution < -0.4 is 11.1 Å². The predicted octanol–water partition coefficient (Wildman–Crippen LogP) is 2.07. The van der Waals surface area contributed by atoms with Gasteiger partial charge in [0.1, 0.15) is 0 Å². The Hall–Kier alpha value is -1.55. The number of amides is 1. The third-order valence-electron chi connectivity index (χ3n) is 3.46. The van der Waals surface area contributed by atoms with Gasteiger partial charge in [-0.2, -0.15) is 0 Å². The molecular weight excluding hydrogens is 238 g/mol. The molecule has 0 aliphatic carbocycles. The lowest BCUT2D eigenvalue weighted by Crippen LogP contribution is -2.35. The normalized spacial score (nSPS) is 15.3. The van der Waals surface area contributed by atoms with Crippen molar-refractivity contribution in [2.24, 2.45) is 5.73 Å². The average Bonchev–Trinajstić information content (AvgIpc) is 2.48. The summed E-state index contributed by atoms with van der Waals surface area (Å²) in [6.07, 6.45) is 4.43. The summed E-state index contributed by atoms with van der Waals surface area (Å²) in [7, 11) is 0. The highest BCUT2D eigenvalue weighted by Crippen LogP contribution is 2.16. The zero-order chi connectivity index (χ0) is 13.5. The fraction of sp³-hybridized carbons (Fsp3) is 0.533. The maximum absolute atomic E-state index is 12.4. The molecule has 0 bridgehead atoms. The number of rotatable bonds is 5. The van der Waals surface area contributed by atoms with E-state index in [2.05, 4.69) is 5.32 Å². The summed E-state index contributed by atoms with van der Waals surface area (Å²) < 4.78 is 0. The topological polar surface area (TPSA) is 58.4 Å². The second-order valence-corrected chi connectivity index (χ2v) is 5.00. The van der Waals surface area contributed by atoms with Crippen molar-refractivity contribution < 1.29 is 4.79 Å². The largest absolute Gasteiger partial charge is 0.385 e. The van der Waals surface area contributed by atoms with Gasteiger partial charge in [-0.25, -0.2) is 0 Å². The van der Waals surface area contributed by atoms with Gasteiger partial charge in [0, 0.05) is 30.9 Å². The molecular formula is C15H23N3O. The van der Waals surface area contributed by atoms with E-state index in [1.807, 2.05) is 29.2 Å². The molecule has 0 aromatic heterocycles. The number of hydrogen-bond donors (Lipinski definition) is 2. The number of nitrogens with one attached hydrogen (secondary N) is 1. The number of nitrogens with zero attached hydrogens (tertiary/aromatic N) is 1. The van der Waals surface area contributed by atoms with E-state index in [0.717, 1.165) is 50.1 Å². The van der Waals surface area contributed by atoms with Gasteiger partial charge in [0.2, 0.25) is 0 Å². The van der Waals surface area contributed by atoms with Crippen LogP contribution in [0, 0.1) is 0 Å². The molecule has 0 unspecified atom stereocenters. The van der Waals surface area contributed by atoms with E-state index in [1.165, 1.54) is 6.42 Å². The van der Waals surface area contributed by atoms with E-state index in [0.29, 0.717) is 6.54 Å². The van der Waals surface area contributed by atoms with Gasteiger partial charge < -0.3 is 16.0 Å². The van der Waals surface area contributed by atoms with Crippen LogP contribution in [0.2, 0.25) is 0 Å². The summed E-state index contributed by atoms with van der Waals surface area (Å²) in [6.45, 7) is 3.31. The Bertz CT molecular complexity index is 414. The molecule has 4 heteroatoms. The lowest BCUT2D eigenvalue weighted by atomic mass is 10.1. The van der Waals surface area contributed by atoms with Gasteiger partial charge in [-0.1, -0.05) is 6.07 Å². The van der Waals surface area contributed by atoms with Gasteiger partial charge in [-0.15, -0.1) is 0 Å². The maximum Gasteiger partial charge on any atom is 0.253 e. The van der Waals surface area contributed by atoms with Gasteiger partial charge in [-0.05, 0) is 50.4 Å². The first-order chi connectivity index (χ1) is 9.31. The molecule has 1 fully saturated rings. The van der Waals surface area contributed by atoms with E-state index in [-0.39, 0.29) is 5.91 Å². The van der Waals surface area contributed by atoms with Crippen molar-refractivity contribution in [1.29, 1.82) is 0 Å². The van der Waals surface area contributed by atoms with Crippen LogP contribution in [0.1, 0.15) is 36.0 Å². The molecule has 4 nitrogen and oxygen atoms in total. The molecule has 104 valence electrons. The maximum atomic E-state index is 12.4. The Morgan fingerprint density at radius 1 is 1.26 bits per heavy atom. The number of piperidine rings is 1.